The second-order valence-corrected chi connectivity index (χ2v) is 10.2. The van der Waals surface area contributed by atoms with E-state index in [0.717, 1.165) is 57.8 Å². The lowest BCUT2D eigenvalue weighted by Gasteiger charge is -2.37. The van der Waals surface area contributed by atoms with E-state index in [1.807, 2.05) is 11.8 Å². The van der Waals surface area contributed by atoms with Crippen LogP contribution in [0, 0.1) is 5.92 Å². The molecule has 4 rings (SSSR count). The summed E-state index contributed by atoms with van der Waals surface area (Å²) in [5, 5.41) is 2.99. The van der Waals surface area contributed by atoms with Gasteiger partial charge in [0, 0.05) is 63.5 Å². The first-order chi connectivity index (χ1) is 17.5. The summed E-state index contributed by atoms with van der Waals surface area (Å²) in [6, 6.07) is 0. The van der Waals surface area contributed by atoms with E-state index in [-0.39, 0.29) is 24.1 Å². The lowest BCUT2D eigenvalue weighted by atomic mass is 9.87. The highest BCUT2D eigenvalue weighted by atomic mass is 16.5. The number of rotatable bonds is 9. The molecule has 1 aliphatic carbocycles. The minimum atomic E-state index is -0.516. The maximum absolute atomic E-state index is 13.5. The molecule has 0 aromatic rings. The first-order valence-corrected chi connectivity index (χ1v) is 13.7. The van der Waals surface area contributed by atoms with Gasteiger partial charge in [-0.1, -0.05) is 11.6 Å². The van der Waals surface area contributed by atoms with Crippen molar-refractivity contribution in [1.29, 1.82) is 0 Å². The number of hydrogen-bond acceptors (Lipinski definition) is 6. The van der Waals surface area contributed by atoms with Crippen LogP contribution < -0.4 is 5.32 Å². The fourth-order valence-electron chi connectivity index (χ4n) is 5.53. The Kier molecular flexibility index (Phi) is 9.95. The predicted molar refractivity (Wildman–Crippen MR) is 136 cm³/mol. The molecule has 0 saturated carbocycles. The number of carbonyl (C=O) groups is 3. The van der Waals surface area contributed by atoms with Gasteiger partial charge >= 0.3 is 0 Å². The highest BCUT2D eigenvalue weighted by molar-refractivity contribution is 5.98. The lowest BCUT2D eigenvalue weighted by Crippen LogP contribution is -2.47. The van der Waals surface area contributed by atoms with Crippen molar-refractivity contribution in [2.24, 2.45) is 5.92 Å². The van der Waals surface area contributed by atoms with Gasteiger partial charge in [0.05, 0.1) is 32.3 Å². The Bertz CT molecular complexity index is 858. The van der Waals surface area contributed by atoms with E-state index in [0.29, 0.717) is 51.4 Å². The second-order valence-electron chi connectivity index (χ2n) is 10.2. The largest absolute Gasteiger partial charge is 0.379 e. The van der Waals surface area contributed by atoms with Crippen LogP contribution in [0.25, 0.3) is 0 Å². The standard InChI is InChI=1S/C27H42N4O5/c1-21-24(27(34)30-13-17-36-18-14-30)19-23(20-25(32)28-8-10-29-11-15-35-16-12-29)26(33)31(21)9-7-22-5-3-2-4-6-22/h5,23H,2-4,6-20H2,1H3,(H,28,32). The predicted octanol–water partition coefficient (Wildman–Crippen LogP) is 1.70. The first kappa shape index (κ1) is 26.8. The van der Waals surface area contributed by atoms with E-state index in [1.54, 1.807) is 4.90 Å². The van der Waals surface area contributed by atoms with Gasteiger partial charge in [0.1, 0.15) is 0 Å². The molecule has 0 bridgehead atoms. The molecule has 1 N–H and O–H groups in total. The Morgan fingerprint density at radius 1 is 1.03 bits per heavy atom. The van der Waals surface area contributed by atoms with Crippen LogP contribution in [-0.2, 0) is 23.9 Å². The molecule has 2 saturated heterocycles. The summed E-state index contributed by atoms with van der Waals surface area (Å²) in [5.74, 6) is -0.708. The van der Waals surface area contributed by atoms with Crippen LogP contribution in [-0.4, -0.2) is 105 Å². The van der Waals surface area contributed by atoms with Gasteiger partial charge < -0.3 is 24.6 Å². The molecule has 0 radical (unpaired) electrons. The van der Waals surface area contributed by atoms with Crippen molar-refractivity contribution < 1.29 is 23.9 Å². The van der Waals surface area contributed by atoms with E-state index in [2.05, 4.69) is 16.3 Å². The summed E-state index contributed by atoms with van der Waals surface area (Å²) >= 11 is 0. The van der Waals surface area contributed by atoms with Gasteiger partial charge in [-0.15, -0.1) is 0 Å². The molecule has 3 aliphatic heterocycles. The Morgan fingerprint density at radius 2 is 1.75 bits per heavy atom. The molecule has 0 aromatic heterocycles. The molecule has 9 heteroatoms. The Labute approximate surface area is 214 Å². The lowest BCUT2D eigenvalue weighted by molar-refractivity contribution is -0.139. The summed E-state index contributed by atoms with van der Waals surface area (Å²) in [7, 11) is 0. The molecule has 0 spiro atoms. The summed E-state index contributed by atoms with van der Waals surface area (Å²) in [4.78, 5) is 45.7. The molecule has 1 atom stereocenters. The van der Waals surface area contributed by atoms with Crippen molar-refractivity contribution in [3.05, 3.63) is 22.9 Å². The Hall–Kier alpha value is -2.23. The average Bonchev–Trinajstić information content (AvgIpc) is 2.91. The normalized spacial score (nSPS) is 24.1. The molecular formula is C27H42N4O5. The molecule has 200 valence electrons. The third-order valence-electron chi connectivity index (χ3n) is 7.79. The molecule has 9 nitrogen and oxygen atoms in total. The topological polar surface area (TPSA) is 91.4 Å². The van der Waals surface area contributed by atoms with Crippen LogP contribution in [0.2, 0.25) is 0 Å². The van der Waals surface area contributed by atoms with Crippen LogP contribution >= 0.6 is 0 Å². The average molecular weight is 503 g/mol. The van der Waals surface area contributed by atoms with Crippen molar-refractivity contribution in [2.75, 3.05) is 72.2 Å². The van der Waals surface area contributed by atoms with E-state index in [1.165, 1.54) is 18.4 Å². The van der Waals surface area contributed by atoms with E-state index >= 15 is 0 Å². The van der Waals surface area contributed by atoms with Crippen LogP contribution in [0.15, 0.2) is 22.9 Å². The molecule has 1 unspecified atom stereocenters. The Balaban J connectivity index is 1.41. The maximum Gasteiger partial charge on any atom is 0.251 e. The summed E-state index contributed by atoms with van der Waals surface area (Å²) in [6.45, 7) is 9.15. The maximum atomic E-state index is 13.5. The van der Waals surface area contributed by atoms with Crippen LogP contribution in [0.1, 0.15) is 51.9 Å². The third kappa shape index (κ3) is 7.17. The summed E-state index contributed by atoms with van der Waals surface area (Å²) in [6.07, 6.45) is 8.15. The van der Waals surface area contributed by atoms with Crippen LogP contribution in [0.3, 0.4) is 0 Å². The van der Waals surface area contributed by atoms with Gasteiger partial charge in [-0.25, -0.2) is 0 Å². The first-order valence-electron chi connectivity index (χ1n) is 13.7. The molecule has 3 amide bonds. The highest BCUT2D eigenvalue weighted by Gasteiger charge is 2.37. The number of hydrogen-bond donors (Lipinski definition) is 1. The molecule has 2 fully saturated rings. The zero-order chi connectivity index (χ0) is 25.3. The van der Waals surface area contributed by atoms with Gasteiger partial charge in [0.15, 0.2) is 0 Å². The third-order valence-corrected chi connectivity index (χ3v) is 7.79. The van der Waals surface area contributed by atoms with E-state index in [4.69, 9.17) is 9.47 Å². The van der Waals surface area contributed by atoms with Gasteiger partial charge in [-0.2, -0.15) is 0 Å². The van der Waals surface area contributed by atoms with Crippen molar-refractivity contribution >= 4 is 17.7 Å². The zero-order valence-electron chi connectivity index (χ0n) is 21.8. The van der Waals surface area contributed by atoms with Crippen molar-refractivity contribution in [2.45, 2.75) is 51.9 Å². The molecule has 0 aromatic carbocycles. The van der Waals surface area contributed by atoms with Crippen LogP contribution in [0.4, 0.5) is 0 Å². The van der Waals surface area contributed by atoms with Crippen molar-refractivity contribution in [3.8, 4) is 0 Å². The van der Waals surface area contributed by atoms with Gasteiger partial charge in [0.2, 0.25) is 11.8 Å². The number of morpholine rings is 2. The van der Waals surface area contributed by atoms with Crippen LogP contribution in [0.5, 0.6) is 0 Å². The number of carbonyl (C=O) groups excluding carboxylic acids is 3. The van der Waals surface area contributed by atoms with Gasteiger partial charge in [0.25, 0.3) is 5.91 Å². The van der Waals surface area contributed by atoms with Gasteiger partial charge in [-0.3, -0.25) is 19.3 Å². The quantitative estimate of drug-likeness (QED) is 0.483. The molecule has 4 aliphatic rings. The smallest absolute Gasteiger partial charge is 0.251 e. The monoisotopic (exact) mass is 502 g/mol. The number of allylic oxidation sites excluding steroid dienone is 2. The number of ether oxygens (including phenoxy) is 2. The van der Waals surface area contributed by atoms with Crippen molar-refractivity contribution in [3.63, 3.8) is 0 Å². The summed E-state index contributed by atoms with van der Waals surface area (Å²) in [5.41, 5.74) is 2.81. The number of amides is 3. The van der Waals surface area contributed by atoms with Crippen molar-refractivity contribution in [1.82, 2.24) is 20.0 Å². The Morgan fingerprint density at radius 3 is 2.44 bits per heavy atom. The highest BCUT2D eigenvalue weighted by Crippen LogP contribution is 2.32. The molecule has 36 heavy (non-hydrogen) atoms. The number of nitrogens with one attached hydrogen (secondary N) is 1. The SMILES string of the molecule is CC1=C(C(=O)N2CCOCC2)CC(CC(=O)NCCN2CCOCC2)C(=O)N1CCC1=CCCCC1. The van der Waals surface area contributed by atoms with E-state index < -0.39 is 5.92 Å². The zero-order valence-corrected chi connectivity index (χ0v) is 21.8. The minimum Gasteiger partial charge on any atom is -0.379 e. The fraction of sp³-hybridized carbons (Fsp3) is 0.741. The summed E-state index contributed by atoms with van der Waals surface area (Å²) < 4.78 is 10.8. The minimum absolute atomic E-state index is 0.0251. The van der Waals surface area contributed by atoms with Gasteiger partial charge in [-0.05, 0) is 45.4 Å². The van der Waals surface area contributed by atoms with E-state index in [9.17, 15) is 14.4 Å². The second kappa shape index (κ2) is 13.4. The molecule has 3 heterocycles. The fourth-order valence-corrected chi connectivity index (χ4v) is 5.53. The number of nitrogens with zero attached hydrogens (tertiary/aromatic N) is 3. The molecular weight excluding hydrogens is 460 g/mol.